The Morgan fingerprint density at radius 1 is 1.50 bits per heavy atom. The van der Waals surface area contributed by atoms with E-state index in [4.69, 9.17) is 16.0 Å². The monoisotopic (exact) mass is 319 g/mol. The van der Waals surface area contributed by atoms with Crippen molar-refractivity contribution in [2.75, 3.05) is 6.54 Å². The molecule has 0 aliphatic rings. The van der Waals surface area contributed by atoms with E-state index in [0.717, 1.165) is 34.1 Å². The normalized spacial score (nSPS) is 10.9. The zero-order valence-corrected chi connectivity index (χ0v) is 11.7. The van der Waals surface area contributed by atoms with Crippen LogP contribution in [0.15, 0.2) is 33.4 Å². The third-order valence-electron chi connectivity index (χ3n) is 2.12. The average Bonchev–Trinajstić information content (AvgIpc) is 2.85. The van der Waals surface area contributed by atoms with Crippen molar-refractivity contribution in [2.24, 2.45) is 0 Å². The Hall–Kier alpha value is -0.290. The molecule has 0 amide bonds. The van der Waals surface area contributed by atoms with E-state index in [0.29, 0.717) is 0 Å². The van der Waals surface area contributed by atoms with E-state index in [-0.39, 0.29) is 0 Å². The van der Waals surface area contributed by atoms with Crippen molar-refractivity contribution in [3.63, 3.8) is 0 Å². The van der Waals surface area contributed by atoms with Gasteiger partial charge in [-0.05, 0) is 34.1 Å². The van der Waals surface area contributed by atoms with E-state index in [9.17, 15) is 0 Å². The highest BCUT2D eigenvalue weighted by molar-refractivity contribution is 9.10. The Morgan fingerprint density at radius 3 is 3.00 bits per heavy atom. The molecule has 2 aromatic rings. The van der Waals surface area contributed by atoms with Gasteiger partial charge in [-0.15, -0.1) is 11.3 Å². The number of furan rings is 1. The zero-order valence-electron chi connectivity index (χ0n) is 8.50. The molecular weight excluding hydrogens is 310 g/mol. The van der Waals surface area contributed by atoms with E-state index in [1.807, 2.05) is 18.2 Å². The molecule has 0 spiro atoms. The molecule has 0 radical (unpaired) electrons. The van der Waals surface area contributed by atoms with Crippen LogP contribution in [-0.4, -0.2) is 6.54 Å². The minimum atomic E-state index is 0.808. The fraction of sp³-hybridized carbons (Fsp3) is 0.273. The lowest BCUT2D eigenvalue weighted by Gasteiger charge is -2.00. The molecule has 0 aromatic carbocycles. The lowest BCUT2D eigenvalue weighted by Crippen LogP contribution is -2.15. The first-order chi connectivity index (χ1) is 7.75. The molecule has 1 N–H and O–H groups in total. The van der Waals surface area contributed by atoms with Gasteiger partial charge in [-0.2, -0.15) is 0 Å². The molecular formula is C11H11BrClNOS. The van der Waals surface area contributed by atoms with Gasteiger partial charge in [0.15, 0.2) is 0 Å². The van der Waals surface area contributed by atoms with Crippen molar-refractivity contribution < 1.29 is 4.42 Å². The topological polar surface area (TPSA) is 25.2 Å². The molecule has 2 nitrogen and oxygen atoms in total. The van der Waals surface area contributed by atoms with Crippen molar-refractivity contribution in [2.45, 2.75) is 13.0 Å². The molecule has 0 aliphatic heterocycles. The van der Waals surface area contributed by atoms with Crippen LogP contribution >= 0.6 is 38.9 Å². The average molecular weight is 321 g/mol. The minimum absolute atomic E-state index is 0.808. The number of thiophene rings is 1. The maximum Gasteiger partial charge on any atom is 0.107 e. The zero-order chi connectivity index (χ0) is 11.4. The van der Waals surface area contributed by atoms with Gasteiger partial charge >= 0.3 is 0 Å². The molecule has 0 bridgehead atoms. The van der Waals surface area contributed by atoms with E-state index in [2.05, 4.69) is 21.2 Å². The highest BCUT2D eigenvalue weighted by Gasteiger charge is 2.03. The van der Waals surface area contributed by atoms with Gasteiger partial charge in [0.1, 0.15) is 10.1 Å². The number of hydrogen-bond donors (Lipinski definition) is 1. The second-order valence-electron chi connectivity index (χ2n) is 3.34. The number of halogens is 2. The summed E-state index contributed by atoms with van der Waals surface area (Å²) in [7, 11) is 0. The summed E-state index contributed by atoms with van der Waals surface area (Å²) in [6.07, 6.45) is 2.61. The fourth-order valence-electron chi connectivity index (χ4n) is 1.36. The third kappa shape index (κ3) is 3.35. The summed E-state index contributed by atoms with van der Waals surface area (Å²) in [5, 5.41) is 3.35. The summed E-state index contributed by atoms with van der Waals surface area (Å²) in [4.78, 5) is 1.23. The Labute approximate surface area is 112 Å². The molecule has 5 heteroatoms. The molecule has 0 unspecified atom stereocenters. The van der Waals surface area contributed by atoms with Gasteiger partial charge in [-0.3, -0.25) is 0 Å². The Morgan fingerprint density at radius 2 is 2.38 bits per heavy atom. The summed E-state index contributed by atoms with van der Waals surface area (Å²) in [6.45, 7) is 1.75. The first-order valence-corrected chi connectivity index (χ1v) is 6.91. The molecule has 0 atom stereocenters. The van der Waals surface area contributed by atoms with Gasteiger partial charge in [0.2, 0.25) is 0 Å². The quantitative estimate of drug-likeness (QED) is 0.839. The van der Waals surface area contributed by atoms with Crippen molar-refractivity contribution in [1.82, 2.24) is 5.32 Å². The van der Waals surface area contributed by atoms with E-state index < -0.39 is 0 Å². The van der Waals surface area contributed by atoms with Gasteiger partial charge in [-0.1, -0.05) is 11.6 Å². The number of rotatable bonds is 5. The maximum atomic E-state index is 5.95. The van der Waals surface area contributed by atoms with Crippen LogP contribution in [0.2, 0.25) is 4.34 Å². The van der Waals surface area contributed by atoms with Crippen LogP contribution in [-0.2, 0) is 13.0 Å². The summed E-state index contributed by atoms with van der Waals surface area (Å²) >= 11 is 10.9. The largest absolute Gasteiger partial charge is 0.469 e. The van der Waals surface area contributed by atoms with Crippen molar-refractivity contribution in [1.29, 1.82) is 0 Å². The first-order valence-electron chi connectivity index (χ1n) is 4.92. The molecule has 2 aromatic heterocycles. The van der Waals surface area contributed by atoms with Gasteiger partial charge in [-0.25, -0.2) is 0 Å². The highest BCUT2D eigenvalue weighted by Crippen LogP contribution is 2.31. The highest BCUT2D eigenvalue weighted by atomic mass is 79.9. The van der Waals surface area contributed by atoms with Crippen LogP contribution in [0.25, 0.3) is 0 Å². The molecule has 2 rings (SSSR count). The van der Waals surface area contributed by atoms with Crippen LogP contribution in [0.5, 0.6) is 0 Å². The summed E-state index contributed by atoms with van der Waals surface area (Å²) < 4.78 is 7.03. The molecule has 0 aliphatic carbocycles. The Balaban J connectivity index is 1.72. The predicted molar refractivity (Wildman–Crippen MR) is 71.1 cm³/mol. The third-order valence-corrected chi connectivity index (χ3v) is 4.60. The molecule has 0 fully saturated rings. The molecule has 0 saturated carbocycles. The summed E-state index contributed by atoms with van der Waals surface area (Å²) in [5.74, 6) is 1.01. The molecule has 86 valence electrons. The van der Waals surface area contributed by atoms with Gasteiger partial charge in [0, 0.05) is 28.9 Å². The lowest BCUT2D eigenvalue weighted by molar-refractivity contribution is 0.499. The molecule has 0 saturated heterocycles. The lowest BCUT2D eigenvalue weighted by atomic mass is 10.3. The minimum Gasteiger partial charge on any atom is -0.469 e. The van der Waals surface area contributed by atoms with Crippen LogP contribution < -0.4 is 5.32 Å². The van der Waals surface area contributed by atoms with Gasteiger partial charge in [0.05, 0.1) is 6.26 Å². The van der Waals surface area contributed by atoms with Crippen LogP contribution in [0.1, 0.15) is 10.6 Å². The Kier molecular flexibility index (Phi) is 4.46. The van der Waals surface area contributed by atoms with Gasteiger partial charge in [0.25, 0.3) is 0 Å². The smallest absolute Gasteiger partial charge is 0.107 e. The molecule has 2 heterocycles. The predicted octanol–water partition coefficient (Wildman–Crippen LogP) is 4.09. The van der Waals surface area contributed by atoms with Crippen LogP contribution in [0.3, 0.4) is 0 Å². The SMILES string of the molecule is Clc1sc(CNCCc2ccco2)cc1Br. The molecule has 16 heavy (non-hydrogen) atoms. The van der Waals surface area contributed by atoms with Crippen LogP contribution in [0, 0.1) is 0 Å². The van der Waals surface area contributed by atoms with Crippen molar-refractivity contribution in [3.05, 3.63) is 43.9 Å². The number of nitrogens with one attached hydrogen (secondary N) is 1. The summed E-state index contributed by atoms with van der Waals surface area (Å²) in [5.41, 5.74) is 0. The van der Waals surface area contributed by atoms with Crippen molar-refractivity contribution in [3.8, 4) is 0 Å². The number of hydrogen-bond acceptors (Lipinski definition) is 3. The standard InChI is InChI=1S/C11H11BrClNOS/c12-10-6-9(16-11(10)13)7-14-4-3-8-2-1-5-15-8/h1-2,5-6,14H,3-4,7H2. The van der Waals surface area contributed by atoms with Gasteiger partial charge < -0.3 is 9.73 Å². The maximum absolute atomic E-state index is 5.95. The fourth-order valence-corrected chi connectivity index (χ4v) is 3.12. The summed E-state index contributed by atoms with van der Waals surface area (Å²) in [6, 6.07) is 5.94. The first kappa shape index (κ1) is 12.2. The van der Waals surface area contributed by atoms with E-state index in [1.54, 1.807) is 17.6 Å². The Bertz CT molecular complexity index is 421. The second kappa shape index (κ2) is 5.87. The van der Waals surface area contributed by atoms with E-state index in [1.165, 1.54) is 4.88 Å². The van der Waals surface area contributed by atoms with E-state index >= 15 is 0 Å². The van der Waals surface area contributed by atoms with Crippen LogP contribution in [0.4, 0.5) is 0 Å². The second-order valence-corrected chi connectivity index (χ2v) is 5.93. The van der Waals surface area contributed by atoms with Crippen molar-refractivity contribution >= 4 is 38.9 Å².